The Balaban J connectivity index is 2.24. The van der Waals surface area contributed by atoms with Gasteiger partial charge in [0.25, 0.3) is 0 Å². The number of amides is 1. The van der Waals surface area contributed by atoms with Crippen LogP contribution < -0.4 is 5.32 Å². The molecule has 11 nitrogen and oxygen atoms in total. The summed E-state index contributed by atoms with van der Waals surface area (Å²) in [6.07, 6.45) is 62.3. The lowest BCUT2D eigenvalue weighted by molar-refractivity contribution is -0.303. The molecule has 0 aromatic heterocycles. The third-order valence-corrected chi connectivity index (χ3v) is 16.6. The van der Waals surface area contributed by atoms with Crippen LogP contribution in [0, 0.1) is 0 Å². The molecule has 472 valence electrons. The van der Waals surface area contributed by atoms with E-state index >= 15 is 0 Å². The number of hydrogen-bond donors (Lipinski definition) is 8. The van der Waals surface area contributed by atoms with Crippen molar-refractivity contribution in [2.45, 2.75) is 384 Å². The molecular formula is C69H131NO10. The van der Waals surface area contributed by atoms with Crippen LogP contribution in [0.4, 0.5) is 0 Å². The van der Waals surface area contributed by atoms with E-state index in [1.54, 1.807) is 0 Å². The highest BCUT2D eigenvalue weighted by atomic mass is 16.7. The van der Waals surface area contributed by atoms with Gasteiger partial charge in [0.15, 0.2) is 6.29 Å². The summed E-state index contributed by atoms with van der Waals surface area (Å²) in [4.78, 5) is 13.2. The first kappa shape index (κ1) is 76.3. The Morgan fingerprint density at radius 2 is 0.750 bits per heavy atom. The van der Waals surface area contributed by atoms with Gasteiger partial charge in [0.2, 0.25) is 5.91 Å². The molecule has 8 N–H and O–H groups in total. The lowest BCUT2D eigenvalue weighted by Crippen LogP contribution is -2.60. The molecule has 1 aliphatic heterocycles. The molecule has 0 aliphatic carbocycles. The first-order chi connectivity index (χ1) is 39.2. The van der Waals surface area contributed by atoms with Gasteiger partial charge in [-0.3, -0.25) is 4.79 Å². The van der Waals surface area contributed by atoms with Gasteiger partial charge < -0.3 is 50.5 Å². The minimum Gasteiger partial charge on any atom is -0.394 e. The highest BCUT2D eigenvalue weighted by Gasteiger charge is 2.44. The summed E-state index contributed by atoms with van der Waals surface area (Å²) < 4.78 is 11.2. The Labute approximate surface area is 492 Å². The maximum atomic E-state index is 13.2. The van der Waals surface area contributed by atoms with Crippen molar-refractivity contribution in [3.63, 3.8) is 0 Å². The molecule has 1 rings (SSSR count). The van der Waals surface area contributed by atoms with Crippen molar-refractivity contribution >= 4 is 5.91 Å². The molecule has 1 amide bonds. The zero-order valence-electron chi connectivity index (χ0n) is 52.1. The summed E-state index contributed by atoms with van der Waals surface area (Å²) >= 11 is 0. The number of carbonyl (C=O) groups excluding carboxylic acids is 1. The van der Waals surface area contributed by atoms with Crippen LogP contribution in [0.3, 0.4) is 0 Å². The molecular weight excluding hydrogens is 1000 g/mol. The van der Waals surface area contributed by atoms with E-state index in [9.17, 15) is 40.5 Å². The number of aliphatic hydroxyl groups excluding tert-OH is 7. The van der Waals surface area contributed by atoms with Gasteiger partial charge in [0.05, 0.1) is 25.4 Å². The van der Waals surface area contributed by atoms with Gasteiger partial charge in [0.1, 0.15) is 36.6 Å². The lowest BCUT2D eigenvalue weighted by atomic mass is 9.98. The van der Waals surface area contributed by atoms with Crippen molar-refractivity contribution in [2.75, 3.05) is 13.2 Å². The summed E-state index contributed by atoms with van der Waals surface area (Å²) in [7, 11) is 0. The van der Waals surface area contributed by atoms with E-state index < -0.39 is 74.2 Å². The van der Waals surface area contributed by atoms with Gasteiger partial charge in [0, 0.05) is 0 Å². The number of nitrogens with one attached hydrogen (secondary N) is 1. The average Bonchev–Trinajstić information content (AvgIpc) is 3.47. The number of hydrogen-bond acceptors (Lipinski definition) is 10. The first-order valence-electron chi connectivity index (χ1n) is 34.4. The van der Waals surface area contributed by atoms with Gasteiger partial charge in [-0.05, 0) is 77.0 Å². The molecule has 1 saturated heterocycles. The monoisotopic (exact) mass is 1130 g/mol. The van der Waals surface area contributed by atoms with Crippen LogP contribution in [0.1, 0.15) is 328 Å². The Morgan fingerprint density at radius 1 is 0.425 bits per heavy atom. The van der Waals surface area contributed by atoms with Gasteiger partial charge in [-0.2, -0.15) is 0 Å². The molecule has 80 heavy (non-hydrogen) atoms. The summed E-state index contributed by atoms with van der Waals surface area (Å²) in [5, 5.41) is 76.4. The Hall–Kier alpha value is -1.67. The normalized spacial score (nSPS) is 19.4. The standard InChI is InChI=1S/C69H131NO10/c1-3-5-7-9-11-13-15-17-19-21-23-25-27-29-30-31-33-35-37-39-41-43-45-47-49-51-53-55-57-62(73)68(78)70-60(59-79-69-67(77)66(76)65(75)63(58-71)80-69)64(74)61(72)56-54-52-50-48-46-44-42-40-38-36-34-32-28-26-24-22-20-18-16-14-12-10-8-6-4-2/h29-30,40,42,48,50,60-67,69,71-77H,3-28,31-39,41,43-47,49,51-59H2,1-2H3,(H,70,78)/b30-29-,42-40+,50-48+. The maximum absolute atomic E-state index is 13.2. The van der Waals surface area contributed by atoms with Crippen LogP contribution in [0.15, 0.2) is 36.5 Å². The molecule has 1 fully saturated rings. The molecule has 11 heteroatoms. The summed E-state index contributed by atoms with van der Waals surface area (Å²) in [5.74, 6) is -0.706. The topological polar surface area (TPSA) is 189 Å². The van der Waals surface area contributed by atoms with E-state index in [2.05, 4.69) is 55.6 Å². The summed E-state index contributed by atoms with van der Waals surface area (Å²) in [6.45, 7) is 3.49. The van der Waals surface area contributed by atoms with E-state index in [0.717, 1.165) is 38.5 Å². The molecule has 0 aromatic rings. The van der Waals surface area contributed by atoms with Gasteiger partial charge in [-0.15, -0.1) is 0 Å². The fourth-order valence-electron chi connectivity index (χ4n) is 11.1. The molecule has 0 bridgehead atoms. The fourth-order valence-corrected chi connectivity index (χ4v) is 11.1. The highest BCUT2D eigenvalue weighted by molar-refractivity contribution is 5.80. The van der Waals surface area contributed by atoms with Crippen molar-refractivity contribution in [1.82, 2.24) is 5.32 Å². The number of allylic oxidation sites excluding steroid dienone is 6. The Morgan fingerprint density at radius 3 is 1.11 bits per heavy atom. The van der Waals surface area contributed by atoms with Crippen molar-refractivity contribution in [3.8, 4) is 0 Å². The Bertz CT molecular complexity index is 1390. The van der Waals surface area contributed by atoms with Crippen LogP contribution in [0.5, 0.6) is 0 Å². The van der Waals surface area contributed by atoms with Gasteiger partial charge in [-0.25, -0.2) is 0 Å². The van der Waals surface area contributed by atoms with E-state index in [1.807, 2.05) is 0 Å². The molecule has 0 aromatic carbocycles. The second-order valence-corrected chi connectivity index (χ2v) is 24.2. The van der Waals surface area contributed by atoms with E-state index in [1.165, 1.54) is 244 Å². The maximum Gasteiger partial charge on any atom is 0.249 e. The molecule has 9 unspecified atom stereocenters. The Kier molecular flexibility index (Phi) is 55.1. The second-order valence-electron chi connectivity index (χ2n) is 24.2. The summed E-state index contributed by atoms with van der Waals surface area (Å²) in [6, 6.07) is -1.19. The van der Waals surface area contributed by atoms with Crippen molar-refractivity contribution < 1.29 is 50.0 Å². The molecule has 1 aliphatic rings. The lowest BCUT2D eigenvalue weighted by Gasteiger charge is -2.40. The number of unbranched alkanes of at least 4 members (excludes halogenated alkanes) is 42. The number of ether oxygens (including phenoxy) is 2. The zero-order chi connectivity index (χ0) is 58.2. The van der Waals surface area contributed by atoms with Crippen LogP contribution >= 0.6 is 0 Å². The van der Waals surface area contributed by atoms with Crippen LogP contribution in [-0.2, 0) is 14.3 Å². The minimum atomic E-state index is -1.67. The van der Waals surface area contributed by atoms with Crippen LogP contribution in [-0.4, -0.2) is 110 Å². The molecule has 0 saturated carbocycles. The van der Waals surface area contributed by atoms with Crippen molar-refractivity contribution in [2.24, 2.45) is 0 Å². The van der Waals surface area contributed by atoms with E-state index in [4.69, 9.17) is 9.47 Å². The second kappa shape index (κ2) is 57.7. The van der Waals surface area contributed by atoms with Gasteiger partial charge >= 0.3 is 0 Å². The predicted molar refractivity (Wildman–Crippen MR) is 335 cm³/mol. The van der Waals surface area contributed by atoms with Crippen LogP contribution in [0.25, 0.3) is 0 Å². The van der Waals surface area contributed by atoms with E-state index in [0.29, 0.717) is 19.3 Å². The molecule has 0 radical (unpaired) electrons. The van der Waals surface area contributed by atoms with Crippen molar-refractivity contribution in [3.05, 3.63) is 36.5 Å². The average molecular weight is 1130 g/mol. The third kappa shape index (κ3) is 44.8. The van der Waals surface area contributed by atoms with E-state index in [-0.39, 0.29) is 12.8 Å². The quantitative estimate of drug-likeness (QED) is 0.0215. The smallest absolute Gasteiger partial charge is 0.249 e. The number of rotatable bonds is 60. The molecule has 9 atom stereocenters. The SMILES string of the molecule is CCCCCCCCCCCCCC/C=C\CCCCCCCCCCCCCCC(O)C(=O)NC(COC1OC(CO)C(O)C(O)C1O)C(O)C(O)CCC/C=C/CC/C=C/CCCCCCCCCCCCCCCCCC. The largest absolute Gasteiger partial charge is 0.394 e. The van der Waals surface area contributed by atoms with Gasteiger partial charge in [-0.1, -0.05) is 288 Å². The fraction of sp³-hybridized carbons (Fsp3) is 0.899. The number of aliphatic hydroxyl groups is 7. The molecule has 0 spiro atoms. The number of carbonyl (C=O) groups is 1. The highest BCUT2D eigenvalue weighted by Crippen LogP contribution is 2.24. The third-order valence-electron chi connectivity index (χ3n) is 16.6. The summed E-state index contributed by atoms with van der Waals surface area (Å²) in [5.41, 5.74) is 0. The van der Waals surface area contributed by atoms with Crippen LogP contribution in [0.2, 0.25) is 0 Å². The molecule has 1 heterocycles. The zero-order valence-corrected chi connectivity index (χ0v) is 52.1. The first-order valence-corrected chi connectivity index (χ1v) is 34.4. The predicted octanol–water partition coefficient (Wildman–Crippen LogP) is 16.2. The minimum absolute atomic E-state index is 0.247. The van der Waals surface area contributed by atoms with Crippen molar-refractivity contribution in [1.29, 1.82) is 0 Å².